The van der Waals surface area contributed by atoms with Gasteiger partial charge in [-0.3, -0.25) is 13.9 Å². The van der Waals surface area contributed by atoms with Gasteiger partial charge in [-0.1, -0.05) is 61.4 Å². The van der Waals surface area contributed by atoms with E-state index in [1.165, 1.54) is 24.1 Å². The van der Waals surface area contributed by atoms with E-state index in [1.54, 1.807) is 43.3 Å². The van der Waals surface area contributed by atoms with Crippen molar-refractivity contribution >= 4 is 27.5 Å². The second kappa shape index (κ2) is 13.5. The molecular weight excluding hydrogens is 526 g/mol. The fourth-order valence-electron chi connectivity index (χ4n) is 4.16. The Morgan fingerprint density at radius 1 is 0.900 bits per heavy atom. The molecule has 1 N–H and O–H groups in total. The summed E-state index contributed by atoms with van der Waals surface area (Å²) >= 11 is 0. The number of hydrogen-bond donors (Lipinski definition) is 1. The number of amides is 2. The van der Waals surface area contributed by atoms with Crippen LogP contribution in [0.3, 0.4) is 0 Å². The second-order valence-electron chi connectivity index (χ2n) is 10.3. The minimum Gasteiger partial charge on any atom is -0.497 e. The molecule has 3 aromatic rings. The van der Waals surface area contributed by atoms with Crippen molar-refractivity contribution in [1.82, 2.24) is 10.2 Å². The number of nitrogens with zero attached hydrogens (tertiary/aromatic N) is 2. The van der Waals surface area contributed by atoms with Gasteiger partial charge in [0.1, 0.15) is 18.3 Å². The number of benzene rings is 3. The first-order chi connectivity index (χ1) is 18.9. The molecule has 0 heterocycles. The fourth-order valence-corrected chi connectivity index (χ4v) is 5.57. The van der Waals surface area contributed by atoms with Crippen LogP contribution in [0.15, 0.2) is 77.7 Å². The van der Waals surface area contributed by atoms with Gasteiger partial charge in [0.25, 0.3) is 10.0 Å². The third-order valence-corrected chi connectivity index (χ3v) is 8.32. The van der Waals surface area contributed by atoms with Crippen molar-refractivity contribution in [3.8, 4) is 5.75 Å². The van der Waals surface area contributed by atoms with Crippen LogP contribution >= 0.6 is 0 Å². The van der Waals surface area contributed by atoms with Crippen LogP contribution in [-0.2, 0) is 26.2 Å². The number of anilines is 1. The van der Waals surface area contributed by atoms with E-state index in [4.69, 9.17) is 4.74 Å². The van der Waals surface area contributed by atoms with Crippen molar-refractivity contribution in [3.05, 3.63) is 89.5 Å². The van der Waals surface area contributed by atoms with Gasteiger partial charge in [-0.15, -0.1) is 0 Å². The van der Waals surface area contributed by atoms with Crippen LogP contribution in [0.2, 0.25) is 0 Å². The van der Waals surface area contributed by atoms with Gasteiger partial charge in [-0.25, -0.2) is 8.42 Å². The molecule has 8 nitrogen and oxygen atoms in total. The molecule has 0 bridgehead atoms. The molecule has 1 atom stereocenters. The summed E-state index contributed by atoms with van der Waals surface area (Å²) in [7, 11) is -2.60. The Kier molecular flexibility index (Phi) is 10.3. The van der Waals surface area contributed by atoms with Crippen LogP contribution in [0, 0.1) is 19.8 Å². The lowest BCUT2D eigenvalue weighted by atomic mass is 10.1. The fraction of sp³-hybridized carbons (Fsp3) is 0.355. The van der Waals surface area contributed by atoms with Crippen molar-refractivity contribution < 1.29 is 22.7 Å². The lowest BCUT2D eigenvalue weighted by molar-refractivity contribution is -0.139. The molecule has 0 saturated heterocycles. The number of hydrogen-bond acceptors (Lipinski definition) is 5. The number of nitrogens with one attached hydrogen (secondary N) is 1. The third-order valence-electron chi connectivity index (χ3n) is 6.54. The molecule has 0 aliphatic rings. The van der Waals surface area contributed by atoms with E-state index < -0.39 is 28.5 Å². The maximum Gasteiger partial charge on any atom is 0.264 e. The molecule has 0 fully saturated rings. The summed E-state index contributed by atoms with van der Waals surface area (Å²) in [5.74, 6) is -0.00568. The van der Waals surface area contributed by atoms with Crippen molar-refractivity contribution in [3.63, 3.8) is 0 Å². The Labute approximate surface area is 238 Å². The molecule has 214 valence electrons. The first kappa shape index (κ1) is 30.7. The summed E-state index contributed by atoms with van der Waals surface area (Å²) in [6.45, 7) is 9.59. The quantitative estimate of drug-likeness (QED) is 0.344. The summed E-state index contributed by atoms with van der Waals surface area (Å²) in [6.07, 6.45) is 0. The number of carbonyl (C=O) groups is 2. The predicted octanol–water partition coefficient (Wildman–Crippen LogP) is 4.70. The third kappa shape index (κ3) is 7.85. The smallest absolute Gasteiger partial charge is 0.264 e. The molecule has 3 aromatic carbocycles. The molecule has 9 heteroatoms. The summed E-state index contributed by atoms with van der Waals surface area (Å²) in [5, 5.41) is 2.89. The molecule has 0 spiro atoms. The van der Waals surface area contributed by atoms with E-state index in [0.717, 1.165) is 21.0 Å². The van der Waals surface area contributed by atoms with Gasteiger partial charge in [-0.05, 0) is 68.7 Å². The number of ether oxygens (including phenoxy) is 1. The highest BCUT2D eigenvalue weighted by Gasteiger charge is 2.32. The van der Waals surface area contributed by atoms with Crippen LogP contribution in [0.4, 0.5) is 5.69 Å². The van der Waals surface area contributed by atoms with E-state index in [9.17, 15) is 18.0 Å². The van der Waals surface area contributed by atoms with E-state index in [0.29, 0.717) is 18.0 Å². The minimum absolute atomic E-state index is 0.0645. The van der Waals surface area contributed by atoms with Gasteiger partial charge in [0.2, 0.25) is 11.8 Å². The van der Waals surface area contributed by atoms with E-state index in [2.05, 4.69) is 5.32 Å². The molecule has 0 aliphatic carbocycles. The summed E-state index contributed by atoms with van der Waals surface area (Å²) in [5.41, 5.74) is 3.08. The number of carbonyl (C=O) groups excluding carboxylic acids is 2. The van der Waals surface area contributed by atoms with E-state index in [-0.39, 0.29) is 23.3 Å². The molecule has 0 aromatic heterocycles. The Morgan fingerprint density at radius 2 is 1.55 bits per heavy atom. The van der Waals surface area contributed by atoms with Crippen molar-refractivity contribution in [2.45, 2.75) is 52.1 Å². The average Bonchev–Trinajstić information content (AvgIpc) is 2.93. The lowest BCUT2D eigenvalue weighted by Gasteiger charge is -2.32. The van der Waals surface area contributed by atoms with Crippen LogP contribution < -0.4 is 14.4 Å². The van der Waals surface area contributed by atoms with Gasteiger partial charge < -0.3 is 15.0 Å². The lowest BCUT2D eigenvalue weighted by Crippen LogP contribution is -2.51. The highest BCUT2D eigenvalue weighted by Crippen LogP contribution is 2.27. The Hall–Kier alpha value is -3.85. The maximum atomic E-state index is 14.0. The zero-order valence-electron chi connectivity index (χ0n) is 24.0. The van der Waals surface area contributed by atoms with Crippen LogP contribution in [0.1, 0.15) is 37.5 Å². The highest BCUT2D eigenvalue weighted by molar-refractivity contribution is 7.92. The van der Waals surface area contributed by atoms with Crippen LogP contribution in [0.5, 0.6) is 5.75 Å². The topological polar surface area (TPSA) is 96.0 Å². The molecule has 3 rings (SSSR count). The van der Waals surface area contributed by atoms with Crippen LogP contribution in [-0.4, -0.2) is 51.4 Å². The van der Waals surface area contributed by atoms with Crippen molar-refractivity contribution in [1.29, 1.82) is 0 Å². The van der Waals surface area contributed by atoms with Gasteiger partial charge in [0, 0.05) is 13.1 Å². The molecule has 0 unspecified atom stereocenters. The molecule has 0 saturated carbocycles. The maximum absolute atomic E-state index is 14.0. The summed E-state index contributed by atoms with van der Waals surface area (Å²) in [6, 6.07) is 19.8. The number of sulfonamides is 1. The van der Waals surface area contributed by atoms with E-state index >= 15 is 0 Å². The van der Waals surface area contributed by atoms with Crippen molar-refractivity contribution in [2.75, 3.05) is 24.5 Å². The molecule has 40 heavy (non-hydrogen) atoms. The van der Waals surface area contributed by atoms with E-state index in [1.807, 2.05) is 52.0 Å². The first-order valence-electron chi connectivity index (χ1n) is 13.3. The second-order valence-corrected chi connectivity index (χ2v) is 12.2. The SMILES string of the molecule is COc1ccc(N(CC(=O)N(Cc2cccc(C)c2)[C@@H](C)C(=O)NCC(C)C)S(=O)(=O)c2ccc(C)cc2)cc1. The highest BCUT2D eigenvalue weighted by atomic mass is 32.2. The largest absolute Gasteiger partial charge is 0.497 e. The van der Waals surface area contributed by atoms with Crippen LogP contribution in [0.25, 0.3) is 0 Å². The number of aryl methyl sites for hydroxylation is 2. The molecule has 0 aliphatic heterocycles. The summed E-state index contributed by atoms with van der Waals surface area (Å²) in [4.78, 5) is 28.5. The first-order valence-corrected chi connectivity index (χ1v) is 14.7. The van der Waals surface area contributed by atoms with Gasteiger partial charge in [0.05, 0.1) is 17.7 Å². The molecular formula is C31H39N3O5S. The average molecular weight is 566 g/mol. The monoisotopic (exact) mass is 565 g/mol. The number of rotatable bonds is 12. The van der Waals surface area contributed by atoms with Gasteiger partial charge >= 0.3 is 0 Å². The van der Waals surface area contributed by atoms with Crippen molar-refractivity contribution in [2.24, 2.45) is 5.92 Å². The minimum atomic E-state index is -4.12. The zero-order valence-corrected chi connectivity index (χ0v) is 24.9. The number of methoxy groups -OCH3 is 1. The zero-order chi connectivity index (χ0) is 29.4. The molecule has 2 amide bonds. The Morgan fingerprint density at radius 3 is 2.12 bits per heavy atom. The van der Waals surface area contributed by atoms with Gasteiger partial charge in [-0.2, -0.15) is 0 Å². The predicted molar refractivity (Wildman–Crippen MR) is 158 cm³/mol. The Balaban J connectivity index is 2.02. The van der Waals surface area contributed by atoms with Gasteiger partial charge in [0.15, 0.2) is 0 Å². The molecule has 0 radical (unpaired) electrons. The standard InChI is InChI=1S/C31H39N3O5S/c1-22(2)19-32-31(36)25(5)33(20-26-9-7-8-24(4)18-26)30(35)21-34(27-12-14-28(39-6)15-13-27)40(37,38)29-16-10-23(3)11-17-29/h7-18,22,25H,19-21H2,1-6H3,(H,32,36)/t25-/m0/s1. The normalized spacial score (nSPS) is 12.1. The summed E-state index contributed by atoms with van der Waals surface area (Å²) < 4.78 is 34.1. The Bertz CT molecular complexity index is 1400.